The first-order valence-corrected chi connectivity index (χ1v) is 9.36. The van der Waals surface area contributed by atoms with E-state index in [9.17, 15) is 0 Å². The van der Waals surface area contributed by atoms with Crippen molar-refractivity contribution < 1.29 is 0 Å². The monoisotopic (exact) mass is 369 g/mol. The highest BCUT2D eigenvalue weighted by molar-refractivity contribution is 5.85. The second kappa shape index (κ2) is 7.64. The molecular formula is C23H23N5. The summed E-state index contributed by atoms with van der Waals surface area (Å²) < 4.78 is 0. The third kappa shape index (κ3) is 3.93. The minimum atomic E-state index is 0.542. The fourth-order valence-corrected chi connectivity index (χ4v) is 3.31. The van der Waals surface area contributed by atoms with Crippen LogP contribution in [0.2, 0.25) is 0 Å². The van der Waals surface area contributed by atoms with Crippen molar-refractivity contribution in [2.75, 3.05) is 10.6 Å². The van der Waals surface area contributed by atoms with Crippen LogP contribution < -0.4 is 10.6 Å². The zero-order valence-electron chi connectivity index (χ0n) is 16.3. The van der Waals surface area contributed by atoms with Crippen LogP contribution in [0.15, 0.2) is 60.7 Å². The Hall–Kier alpha value is -3.47. The van der Waals surface area contributed by atoms with Gasteiger partial charge < -0.3 is 10.6 Å². The van der Waals surface area contributed by atoms with Crippen molar-refractivity contribution >= 4 is 28.4 Å². The van der Waals surface area contributed by atoms with E-state index in [4.69, 9.17) is 0 Å². The molecule has 28 heavy (non-hydrogen) atoms. The molecule has 0 fully saturated rings. The van der Waals surface area contributed by atoms with E-state index in [2.05, 4.69) is 94.0 Å². The van der Waals surface area contributed by atoms with Gasteiger partial charge in [-0.05, 0) is 48.7 Å². The lowest BCUT2D eigenvalue weighted by Crippen LogP contribution is -2.09. The molecule has 0 aliphatic carbocycles. The van der Waals surface area contributed by atoms with E-state index in [1.165, 1.54) is 21.9 Å². The number of nitrogens with one attached hydrogen (secondary N) is 2. The third-order valence-corrected chi connectivity index (χ3v) is 4.69. The van der Waals surface area contributed by atoms with Crippen LogP contribution in [0.3, 0.4) is 0 Å². The van der Waals surface area contributed by atoms with Gasteiger partial charge in [-0.3, -0.25) is 0 Å². The first kappa shape index (κ1) is 17.9. The molecular weight excluding hydrogens is 346 g/mol. The number of benzene rings is 3. The molecule has 5 heteroatoms. The number of fused-ring (bicyclic) bond motifs is 1. The maximum atomic E-state index is 4.54. The molecule has 0 spiro atoms. The maximum absolute atomic E-state index is 4.54. The first-order chi connectivity index (χ1) is 13.6. The number of aryl methyl sites for hydroxylation is 3. The Balaban J connectivity index is 1.55. The fourth-order valence-electron chi connectivity index (χ4n) is 3.31. The van der Waals surface area contributed by atoms with Gasteiger partial charge in [0, 0.05) is 12.2 Å². The molecule has 2 N–H and O–H groups in total. The van der Waals surface area contributed by atoms with E-state index in [-0.39, 0.29) is 0 Å². The molecule has 3 aromatic carbocycles. The van der Waals surface area contributed by atoms with Gasteiger partial charge in [0.1, 0.15) is 5.82 Å². The highest BCUT2D eigenvalue weighted by Crippen LogP contribution is 2.21. The Morgan fingerprint density at radius 2 is 1.57 bits per heavy atom. The van der Waals surface area contributed by atoms with Crippen LogP contribution in [-0.4, -0.2) is 15.0 Å². The smallest absolute Gasteiger partial charge is 0.232 e. The summed E-state index contributed by atoms with van der Waals surface area (Å²) in [6, 6.07) is 21.0. The SMILES string of the molecule is Cc1ccc(Nc2nc(C)nc(NCc3cccc4ccccc34)n2)c(C)c1. The van der Waals surface area contributed by atoms with E-state index in [1.54, 1.807) is 0 Å². The molecule has 0 amide bonds. The molecule has 1 aromatic heterocycles. The molecule has 0 unspecified atom stereocenters. The number of hydrogen-bond donors (Lipinski definition) is 2. The summed E-state index contributed by atoms with van der Waals surface area (Å²) in [6.45, 7) is 6.67. The van der Waals surface area contributed by atoms with Gasteiger partial charge >= 0.3 is 0 Å². The predicted octanol–water partition coefficient (Wildman–Crippen LogP) is 5.31. The Labute approximate surface area is 164 Å². The van der Waals surface area contributed by atoms with Crippen molar-refractivity contribution in [3.8, 4) is 0 Å². The highest BCUT2D eigenvalue weighted by Gasteiger charge is 2.07. The molecule has 5 nitrogen and oxygen atoms in total. The van der Waals surface area contributed by atoms with Gasteiger partial charge in [0.15, 0.2) is 0 Å². The predicted molar refractivity (Wildman–Crippen MR) is 115 cm³/mol. The fraction of sp³-hybridized carbons (Fsp3) is 0.174. The number of hydrogen-bond acceptors (Lipinski definition) is 5. The molecule has 140 valence electrons. The summed E-state index contributed by atoms with van der Waals surface area (Å²) >= 11 is 0. The number of nitrogens with zero attached hydrogens (tertiary/aromatic N) is 3. The summed E-state index contributed by atoms with van der Waals surface area (Å²) in [7, 11) is 0. The van der Waals surface area contributed by atoms with Gasteiger partial charge in [-0.1, -0.05) is 60.2 Å². The van der Waals surface area contributed by atoms with Crippen molar-refractivity contribution in [1.82, 2.24) is 15.0 Å². The Morgan fingerprint density at radius 3 is 2.43 bits per heavy atom. The van der Waals surface area contributed by atoms with Gasteiger partial charge in [-0.2, -0.15) is 15.0 Å². The van der Waals surface area contributed by atoms with Crippen molar-refractivity contribution in [1.29, 1.82) is 0 Å². The van der Waals surface area contributed by atoms with E-state index in [1.807, 2.05) is 13.0 Å². The molecule has 4 aromatic rings. The minimum Gasteiger partial charge on any atom is -0.350 e. The second-order valence-electron chi connectivity index (χ2n) is 6.97. The topological polar surface area (TPSA) is 62.7 Å². The zero-order valence-corrected chi connectivity index (χ0v) is 16.3. The average molecular weight is 369 g/mol. The van der Waals surface area contributed by atoms with Crippen molar-refractivity contribution in [3.05, 3.63) is 83.2 Å². The van der Waals surface area contributed by atoms with Gasteiger partial charge in [0.25, 0.3) is 0 Å². The van der Waals surface area contributed by atoms with Crippen LogP contribution in [0.5, 0.6) is 0 Å². The lowest BCUT2D eigenvalue weighted by Gasteiger charge is -2.12. The largest absolute Gasteiger partial charge is 0.350 e. The summed E-state index contributed by atoms with van der Waals surface area (Å²) in [5, 5.41) is 9.11. The van der Waals surface area contributed by atoms with Crippen LogP contribution in [-0.2, 0) is 6.54 Å². The first-order valence-electron chi connectivity index (χ1n) is 9.36. The van der Waals surface area contributed by atoms with Gasteiger partial charge in [0.2, 0.25) is 11.9 Å². The Kier molecular flexibility index (Phi) is 4.89. The van der Waals surface area contributed by atoms with E-state index in [0.29, 0.717) is 24.3 Å². The lowest BCUT2D eigenvalue weighted by atomic mass is 10.0. The quantitative estimate of drug-likeness (QED) is 0.499. The molecule has 4 rings (SSSR count). The van der Waals surface area contributed by atoms with Crippen LogP contribution >= 0.6 is 0 Å². The van der Waals surface area contributed by atoms with Crippen molar-refractivity contribution in [2.45, 2.75) is 27.3 Å². The summed E-state index contributed by atoms with van der Waals surface area (Å²) in [5.74, 6) is 1.77. The molecule has 1 heterocycles. The maximum Gasteiger partial charge on any atom is 0.232 e. The summed E-state index contributed by atoms with van der Waals surface area (Å²) in [4.78, 5) is 13.4. The molecule has 0 bridgehead atoms. The van der Waals surface area contributed by atoms with Gasteiger partial charge in [-0.25, -0.2) is 0 Å². The Morgan fingerprint density at radius 1 is 0.786 bits per heavy atom. The van der Waals surface area contributed by atoms with Gasteiger partial charge in [0.05, 0.1) is 0 Å². The number of aromatic nitrogens is 3. The molecule has 0 aliphatic heterocycles. The van der Waals surface area contributed by atoms with Crippen LogP contribution in [0.25, 0.3) is 10.8 Å². The molecule has 0 atom stereocenters. The second-order valence-corrected chi connectivity index (χ2v) is 6.97. The Bertz CT molecular complexity index is 1130. The van der Waals surface area contributed by atoms with Crippen LogP contribution in [0, 0.1) is 20.8 Å². The highest BCUT2D eigenvalue weighted by atomic mass is 15.2. The van der Waals surface area contributed by atoms with Crippen LogP contribution in [0.1, 0.15) is 22.5 Å². The third-order valence-electron chi connectivity index (χ3n) is 4.69. The van der Waals surface area contributed by atoms with Crippen molar-refractivity contribution in [2.24, 2.45) is 0 Å². The van der Waals surface area contributed by atoms with Gasteiger partial charge in [-0.15, -0.1) is 0 Å². The van der Waals surface area contributed by atoms with Crippen LogP contribution in [0.4, 0.5) is 17.6 Å². The minimum absolute atomic E-state index is 0.542. The van der Waals surface area contributed by atoms with E-state index < -0.39 is 0 Å². The standard InChI is InChI=1S/C23H23N5/c1-15-11-12-21(16(2)13-15)27-23-26-17(3)25-22(28-23)24-14-19-9-6-8-18-7-4-5-10-20(18)19/h4-13H,14H2,1-3H3,(H2,24,25,26,27,28). The lowest BCUT2D eigenvalue weighted by molar-refractivity contribution is 0.960. The summed E-state index contributed by atoms with van der Waals surface area (Å²) in [6.07, 6.45) is 0. The normalized spacial score (nSPS) is 10.8. The summed E-state index contributed by atoms with van der Waals surface area (Å²) in [5.41, 5.74) is 4.59. The molecule has 0 radical (unpaired) electrons. The van der Waals surface area contributed by atoms with E-state index in [0.717, 1.165) is 11.3 Å². The molecule has 0 saturated carbocycles. The molecule has 0 saturated heterocycles. The van der Waals surface area contributed by atoms with Crippen molar-refractivity contribution in [3.63, 3.8) is 0 Å². The number of rotatable bonds is 5. The zero-order chi connectivity index (χ0) is 19.5. The average Bonchev–Trinajstić information content (AvgIpc) is 2.68. The number of anilines is 3. The molecule has 0 aliphatic rings. The van der Waals surface area contributed by atoms with E-state index >= 15 is 0 Å².